The molecule has 26 heavy (non-hydrogen) atoms. The third-order valence-corrected chi connectivity index (χ3v) is 3.88. The molecule has 3 rings (SSSR count). The van der Waals surface area contributed by atoms with Crippen LogP contribution in [0.15, 0.2) is 45.3 Å². The molecule has 0 aliphatic carbocycles. The van der Waals surface area contributed by atoms with Gasteiger partial charge in [-0.05, 0) is 12.1 Å². The number of pyridine rings is 1. The summed E-state index contributed by atoms with van der Waals surface area (Å²) in [6.07, 6.45) is -5.11. The molecule has 0 atom stereocenters. The molecule has 132 valence electrons. The number of rotatable bonds is 3. The maximum Gasteiger partial charge on any atom is 0.279 e. The Hall–Kier alpha value is -3.53. The van der Waals surface area contributed by atoms with Crippen LogP contribution in [0.2, 0.25) is 0 Å². The largest absolute Gasteiger partial charge is 0.460 e. The second-order valence-electron chi connectivity index (χ2n) is 5.29. The molecule has 3 heterocycles. The number of nitrogens with two attached hydrogens (primary N) is 1. The van der Waals surface area contributed by atoms with Crippen molar-refractivity contribution in [2.45, 2.75) is 18.8 Å². The maximum absolute atomic E-state index is 13.3. The lowest BCUT2D eigenvalue weighted by Gasteiger charge is -2.26. The first-order chi connectivity index (χ1) is 12.4. The number of nitrogen functional groups attached to an aromatic ring is 1. The fraction of sp³-hybridized carbons (Fsp3) is 0.188. The fourth-order valence-electron chi connectivity index (χ4n) is 2.76. The van der Waals surface area contributed by atoms with Gasteiger partial charge in [0.25, 0.3) is 12.9 Å². The number of aromatic nitrogens is 1. The van der Waals surface area contributed by atoms with Crippen LogP contribution in [-0.2, 0) is 0 Å². The lowest BCUT2D eigenvalue weighted by atomic mass is 9.84. The van der Waals surface area contributed by atoms with E-state index in [1.807, 2.05) is 5.32 Å². The second-order valence-corrected chi connectivity index (χ2v) is 5.29. The lowest BCUT2D eigenvalue weighted by molar-refractivity contribution is 0.158. The number of fused-ring (bicyclic) bond motifs is 1. The van der Waals surface area contributed by atoms with Crippen molar-refractivity contribution in [2.75, 3.05) is 5.73 Å². The molecule has 3 N–H and O–H groups in total. The number of alkyl halides is 4. The van der Waals surface area contributed by atoms with Crippen LogP contribution < -0.4 is 11.1 Å². The molecule has 0 bridgehead atoms. The maximum atomic E-state index is 13.3. The molecular formula is C16H9F4N5O. The predicted octanol–water partition coefficient (Wildman–Crippen LogP) is 3.18. The Kier molecular flexibility index (Phi) is 4.26. The van der Waals surface area contributed by atoms with Crippen molar-refractivity contribution in [3.05, 3.63) is 46.6 Å². The van der Waals surface area contributed by atoms with Crippen molar-refractivity contribution in [3.63, 3.8) is 0 Å². The second kappa shape index (κ2) is 6.41. The van der Waals surface area contributed by atoms with Crippen LogP contribution in [0, 0.1) is 22.7 Å². The highest BCUT2D eigenvalue weighted by Crippen LogP contribution is 2.42. The number of allylic oxidation sites excluding steroid dienone is 4. The van der Waals surface area contributed by atoms with Crippen LogP contribution in [0.5, 0.6) is 0 Å². The van der Waals surface area contributed by atoms with Crippen LogP contribution in [-0.4, -0.2) is 17.8 Å². The first-order valence-corrected chi connectivity index (χ1v) is 7.14. The molecule has 2 aromatic rings. The highest BCUT2D eigenvalue weighted by atomic mass is 19.3. The summed E-state index contributed by atoms with van der Waals surface area (Å²) >= 11 is 0. The molecular weight excluding hydrogens is 354 g/mol. The molecule has 0 aromatic carbocycles. The van der Waals surface area contributed by atoms with Crippen LogP contribution in [0.4, 0.5) is 23.4 Å². The average molecular weight is 363 g/mol. The summed E-state index contributed by atoms with van der Waals surface area (Å²) in [7, 11) is 0. The molecule has 0 spiro atoms. The number of nitrogens with zero attached hydrogens (tertiary/aromatic N) is 3. The van der Waals surface area contributed by atoms with E-state index in [1.165, 1.54) is 18.3 Å². The summed E-state index contributed by atoms with van der Waals surface area (Å²) in [5.74, 6) is -1.57. The Labute approximate surface area is 143 Å². The number of anilines is 1. The first kappa shape index (κ1) is 17.3. The van der Waals surface area contributed by atoms with Gasteiger partial charge >= 0.3 is 0 Å². The molecule has 0 amide bonds. The number of hydrogen-bond donors (Lipinski definition) is 2. The quantitative estimate of drug-likeness (QED) is 0.810. The number of hydrogen-bond acceptors (Lipinski definition) is 6. The van der Waals surface area contributed by atoms with Crippen molar-refractivity contribution in [1.29, 1.82) is 10.5 Å². The highest BCUT2D eigenvalue weighted by molar-refractivity contribution is 5.87. The van der Waals surface area contributed by atoms with E-state index in [0.29, 0.717) is 5.39 Å². The van der Waals surface area contributed by atoms with Gasteiger partial charge in [0.1, 0.15) is 17.2 Å². The number of nitriles is 2. The molecule has 0 unspecified atom stereocenters. The summed E-state index contributed by atoms with van der Waals surface area (Å²) in [5, 5.41) is 20.8. The Morgan fingerprint density at radius 1 is 1.12 bits per heavy atom. The summed E-state index contributed by atoms with van der Waals surface area (Å²) in [6.45, 7) is 0. The number of nitrogens with one attached hydrogen (secondary N) is 1. The highest BCUT2D eigenvalue weighted by Gasteiger charge is 2.39. The van der Waals surface area contributed by atoms with Gasteiger partial charge in [-0.1, -0.05) is 0 Å². The van der Waals surface area contributed by atoms with Crippen LogP contribution >= 0.6 is 0 Å². The van der Waals surface area contributed by atoms with Gasteiger partial charge < -0.3 is 15.5 Å². The zero-order chi connectivity index (χ0) is 19.0. The molecule has 0 fully saturated rings. The average Bonchev–Trinajstić information content (AvgIpc) is 3.04. The normalized spacial score (nSPS) is 15.5. The third-order valence-electron chi connectivity index (χ3n) is 3.88. The Balaban J connectivity index is 2.30. The van der Waals surface area contributed by atoms with E-state index in [0.717, 1.165) is 0 Å². The Morgan fingerprint density at radius 2 is 1.69 bits per heavy atom. The topological polar surface area (TPSA) is 112 Å². The summed E-state index contributed by atoms with van der Waals surface area (Å²) in [6, 6.07) is 5.87. The minimum absolute atomic E-state index is 0.0691. The standard InChI is InChI=1S/C16H9F4N5O/c17-14(18)12-7(4-21)11(8(5-22)13(25-12)15(19)20)10-3-6-9(26-10)1-2-24-16(6)23/h1-3,11,14-15,25H,(H2,23,24). The van der Waals surface area contributed by atoms with Gasteiger partial charge in [-0.2, -0.15) is 10.5 Å². The van der Waals surface area contributed by atoms with E-state index in [-0.39, 0.29) is 17.2 Å². The molecule has 6 nitrogen and oxygen atoms in total. The SMILES string of the molecule is N#CC1=C(C(F)F)NC(C(F)F)=C(C#N)C1c1cc2c(N)nccc2o1. The summed E-state index contributed by atoms with van der Waals surface area (Å²) in [5.41, 5.74) is 2.80. The molecule has 0 radical (unpaired) electrons. The monoisotopic (exact) mass is 363 g/mol. The van der Waals surface area contributed by atoms with Crippen molar-refractivity contribution in [1.82, 2.24) is 10.3 Å². The fourth-order valence-corrected chi connectivity index (χ4v) is 2.76. The molecule has 0 saturated carbocycles. The molecule has 0 saturated heterocycles. The van der Waals surface area contributed by atoms with E-state index in [2.05, 4.69) is 4.98 Å². The van der Waals surface area contributed by atoms with Gasteiger partial charge in [-0.3, -0.25) is 0 Å². The number of furan rings is 1. The lowest BCUT2D eigenvalue weighted by Crippen LogP contribution is -2.32. The van der Waals surface area contributed by atoms with E-state index in [9.17, 15) is 28.1 Å². The zero-order valence-corrected chi connectivity index (χ0v) is 12.8. The smallest absolute Gasteiger partial charge is 0.279 e. The molecule has 2 aromatic heterocycles. The Bertz CT molecular complexity index is 983. The molecule has 1 aliphatic heterocycles. The van der Waals surface area contributed by atoms with Gasteiger partial charge in [0.15, 0.2) is 0 Å². The van der Waals surface area contributed by atoms with Gasteiger partial charge in [0.05, 0.1) is 46.0 Å². The number of dihydropyridines is 1. The zero-order valence-electron chi connectivity index (χ0n) is 12.8. The minimum Gasteiger partial charge on any atom is -0.460 e. The van der Waals surface area contributed by atoms with Gasteiger partial charge in [0.2, 0.25) is 0 Å². The van der Waals surface area contributed by atoms with Crippen molar-refractivity contribution in [2.24, 2.45) is 0 Å². The summed E-state index contributed by atoms with van der Waals surface area (Å²) in [4.78, 5) is 3.84. The van der Waals surface area contributed by atoms with Crippen LogP contribution in [0.25, 0.3) is 11.0 Å². The van der Waals surface area contributed by atoms with E-state index >= 15 is 0 Å². The van der Waals surface area contributed by atoms with Gasteiger partial charge in [0, 0.05) is 6.20 Å². The third kappa shape index (κ3) is 2.62. The molecule has 1 aliphatic rings. The first-order valence-electron chi connectivity index (χ1n) is 7.14. The van der Waals surface area contributed by atoms with Crippen molar-refractivity contribution in [3.8, 4) is 12.1 Å². The number of halogens is 4. The predicted molar refractivity (Wildman–Crippen MR) is 81.6 cm³/mol. The molecule has 10 heteroatoms. The van der Waals surface area contributed by atoms with Crippen LogP contribution in [0.1, 0.15) is 11.7 Å². The van der Waals surface area contributed by atoms with Crippen LogP contribution in [0.3, 0.4) is 0 Å². The van der Waals surface area contributed by atoms with Gasteiger partial charge in [-0.15, -0.1) is 0 Å². The van der Waals surface area contributed by atoms with E-state index < -0.39 is 41.3 Å². The summed E-state index contributed by atoms with van der Waals surface area (Å²) < 4.78 is 58.7. The van der Waals surface area contributed by atoms with Crippen molar-refractivity contribution < 1.29 is 22.0 Å². The van der Waals surface area contributed by atoms with E-state index in [4.69, 9.17) is 10.2 Å². The van der Waals surface area contributed by atoms with Crippen molar-refractivity contribution >= 4 is 16.8 Å². The van der Waals surface area contributed by atoms with Gasteiger partial charge in [-0.25, -0.2) is 22.5 Å². The Morgan fingerprint density at radius 3 is 2.15 bits per heavy atom. The minimum atomic E-state index is -3.22. The van der Waals surface area contributed by atoms with E-state index in [1.54, 1.807) is 12.1 Å².